The van der Waals surface area contributed by atoms with Crippen molar-refractivity contribution < 1.29 is 28.7 Å². The summed E-state index contributed by atoms with van der Waals surface area (Å²) in [5.74, 6) is -1.19. The third kappa shape index (κ3) is 4.38. The highest BCUT2D eigenvalue weighted by Gasteiger charge is 2.35. The Labute approximate surface area is 196 Å². The van der Waals surface area contributed by atoms with Crippen molar-refractivity contribution in [1.29, 1.82) is 0 Å². The summed E-state index contributed by atoms with van der Waals surface area (Å²) in [4.78, 5) is 51.1. The molecule has 1 aliphatic heterocycles. The van der Waals surface area contributed by atoms with Crippen LogP contribution in [0.5, 0.6) is 5.75 Å². The van der Waals surface area contributed by atoms with Crippen molar-refractivity contribution in [3.05, 3.63) is 100 Å². The smallest absolute Gasteiger partial charge is 0.341 e. The number of benzene rings is 3. The van der Waals surface area contributed by atoms with E-state index in [1.807, 2.05) is 0 Å². The molecule has 8 nitrogen and oxygen atoms in total. The monoisotopic (exact) mass is 458 g/mol. The van der Waals surface area contributed by atoms with Gasteiger partial charge in [0.05, 0.1) is 31.9 Å². The molecule has 1 N–H and O–H groups in total. The molecule has 0 fully saturated rings. The molecule has 0 saturated heterocycles. The fourth-order valence-electron chi connectivity index (χ4n) is 3.80. The molecule has 0 bridgehead atoms. The maximum atomic E-state index is 12.7. The summed E-state index contributed by atoms with van der Waals surface area (Å²) in [6.07, 6.45) is 0. The molecule has 3 aromatic carbocycles. The van der Waals surface area contributed by atoms with Gasteiger partial charge in [0.1, 0.15) is 11.3 Å². The number of amides is 3. The normalized spacial score (nSPS) is 12.4. The Morgan fingerprint density at radius 1 is 0.853 bits per heavy atom. The van der Waals surface area contributed by atoms with Gasteiger partial charge in [0.25, 0.3) is 17.7 Å². The molecule has 8 heteroatoms. The molecule has 0 unspecified atom stereocenters. The Bertz CT molecular complexity index is 1260. The van der Waals surface area contributed by atoms with Gasteiger partial charge in [0, 0.05) is 12.1 Å². The number of hydrogen-bond donors (Lipinski definition) is 1. The summed E-state index contributed by atoms with van der Waals surface area (Å²) >= 11 is 0. The molecule has 1 heterocycles. The van der Waals surface area contributed by atoms with Crippen molar-refractivity contribution in [3.63, 3.8) is 0 Å². The third-order valence-corrected chi connectivity index (χ3v) is 5.53. The van der Waals surface area contributed by atoms with E-state index in [0.29, 0.717) is 33.6 Å². The van der Waals surface area contributed by atoms with Crippen molar-refractivity contribution in [2.75, 3.05) is 14.2 Å². The predicted octanol–water partition coefficient (Wildman–Crippen LogP) is 3.21. The Hall–Kier alpha value is -4.46. The predicted molar refractivity (Wildman–Crippen MR) is 123 cm³/mol. The minimum atomic E-state index is -0.536. The van der Waals surface area contributed by atoms with Gasteiger partial charge in [-0.2, -0.15) is 0 Å². The number of esters is 1. The largest absolute Gasteiger partial charge is 0.496 e. The van der Waals surface area contributed by atoms with Gasteiger partial charge in [-0.15, -0.1) is 0 Å². The maximum Gasteiger partial charge on any atom is 0.341 e. The highest BCUT2D eigenvalue weighted by Crippen LogP contribution is 2.24. The van der Waals surface area contributed by atoms with Crippen LogP contribution in [0, 0.1) is 0 Å². The molecule has 0 saturated carbocycles. The molecule has 3 amide bonds. The summed E-state index contributed by atoms with van der Waals surface area (Å²) in [6.45, 7) is 0.240. The Morgan fingerprint density at radius 2 is 1.56 bits per heavy atom. The van der Waals surface area contributed by atoms with E-state index < -0.39 is 5.97 Å². The zero-order valence-electron chi connectivity index (χ0n) is 18.7. The first kappa shape index (κ1) is 22.7. The summed E-state index contributed by atoms with van der Waals surface area (Å²) in [6, 6.07) is 18.4. The number of carbonyl (C=O) groups excluding carboxylic acids is 4. The van der Waals surface area contributed by atoms with Crippen LogP contribution >= 0.6 is 0 Å². The van der Waals surface area contributed by atoms with Crippen LogP contribution in [-0.2, 0) is 17.8 Å². The van der Waals surface area contributed by atoms with E-state index in [-0.39, 0.29) is 36.4 Å². The molecule has 0 atom stereocenters. The summed E-state index contributed by atoms with van der Waals surface area (Å²) < 4.78 is 9.96. The van der Waals surface area contributed by atoms with Gasteiger partial charge < -0.3 is 14.8 Å². The number of methoxy groups -OCH3 is 2. The molecule has 172 valence electrons. The second kappa shape index (κ2) is 9.58. The molecule has 3 aromatic rings. The van der Waals surface area contributed by atoms with E-state index >= 15 is 0 Å². The Balaban J connectivity index is 1.44. The first-order chi connectivity index (χ1) is 16.4. The Kier molecular flexibility index (Phi) is 6.40. The van der Waals surface area contributed by atoms with Crippen LogP contribution in [0.2, 0.25) is 0 Å². The molecular weight excluding hydrogens is 436 g/mol. The van der Waals surface area contributed by atoms with Gasteiger partial charge >= 0.3 is 5.97 Å². The summed E-state index contributed by atoms with van der Waals surface area (Å²) in [7, 11) is 2.74. The lowest BCUT2D eigenvalue weighted by Crippen LogP contribution is -2.29. The van der Waals surface area contributed by atoms with Crippen LogP contribution in [0.4, 0.5) is 0 Å². The number of rotatable bonds is 7. The molecule has 0 aromatic heterocycles. The van der Waals surface area contributed by atoms with E-state index in [1.54, 1.807) is 66.7 Å². The summed E-state index contributed by atoms with van der Waals surface area (Å²) in [5, 5.41) is 2.81. The molecule has 0 aliphatic carbocycles. The van der Waals surface area contributed by atoms with Crippen molar-refractivity contribution in [2.45, 2.75) is 13.1 Å². The highest BCUT2D eigenvalue weighted by molar-refractivity contribution is 6.21. The van der Waals surface area contributed by atoms with Gasteiger partial charge in [-0.1, -0.05) is 30.3 Å². The van der Waals surface area contributed by atoms with Crippen LogP contribution < -0.4 is 10.1 Å². The van der Waals surface area contributed by atoms with Crippen molar-refractivity contribution >= 4 is 23.7 Å². The van der Waals surface area contributed by atoms with Crippen molar-refractivity contribution in [3.8, 4) is 5.75 Å². The molecule has 4 rings (SSSR count). The molecule has 1 aliphatic rings. The van der Waals surface area contributed by atoms with Crippen LogP contribution in [0.1, 0.15) is 52.6 Å². The van der Waals surface area contributed by atoms with Crippen molar-refractivity contribution in [2.24, 2.45) is 0 Å². The van der Waals surface area contributed by atoms with Crippen LogP contribution in [-0.4, -0.2) is 42.8 Å². The molecule has 0 radical (unpaired) electrons. The highest BCUT2D eigenvalue weighted by atomic mass is 16.5. The lowest BCUT2D eigenvalue weighted by molar-refractivity contribution is 0.0594. The van der Waals surface area contributed by atoms with E-state index in [4.69, 9.17) is 9.47 Å². The average Bonchev–Trinajstić information content (AvgIpc) is 3.11. The number of hydrogen-bond acceptors (Lipinski definition) is 6. The number of ether oxygens (including phenoxy) is 2. The number of nitrogens with one attached hydrogen (secondary N) is 1. The molecular formula is C26H22N2O6. The van der Waals surface area contributed by atoms with E-state index in [1.165, 1.54) is 19.1 Å². The fourth-order valence-corrected chi connectivity index (χ4v) is 3.80. The lowest BCUT2D eigenvalue weighted by atomic mass is 10.1. The zero-order chi connectivity index (χ0) is 24.2. The first-order valence-electron chi connectivity index (χ1n) is 10.5. The maximum absolute atomic E-state index is 12.7. The second-order valence-corrected chi connectivity index (χ2v) is 7.65. The van der Waals surface area contributed by atoms with Crippen LogP contribution in [0.3, 0.4) is 0 Å². The number of carbonyl (C=O) groups is 4. The third-order valence-electron chi connectivity index (χ3n) is 5.53. The van der Waals surface area contributed by atoms with Gasteiger partial charge in [-0.05, 0) is 47.5 Å². The number of imide groups is 1. The fraction of sp³-hybridized carbons (Fsp3) is 0.154. The standard InChI is InChI=1S/C26H22N2O6/c1-33-22-11-10-16(13-21(22)26(32)34-2)14-27-23(29)18-7-5-6-17(12-18)15-28-24(30)19-8-3-4-9-20(19)25(28)31/h3-13H,14-15H2,1-2H3,(H,27,29). The average molecular weight is 458 g/mol. The van der Waals surface area contributed by atoms with Crippen LogP contribution in [0.25, 0.3) is 0 Å². The minimum absolute atomic E-state index is 0.0639. The SMILES string of the molecule is COC(=O)c1cc(CNC(=O)c2cccc(CN3C(=O)c4ccccc4C3=O)c2)ccc1OC. The topological polar surface area (TPSA) is 102 Å². The lowest BCUT2D eigenvalue weighted by Gasteiger charge is -2.15. The van der Waals surface area contributed by atoms with Gasteiger partial charge in [-0.3, -0.25) is 19.3 Å². The van der Waals surface area contributed by atoms with Crippen molar-refractivity contribution in [1.82, 2.24) is 10.2 Å². The molecule has 34 heavy (non-hydrogen) atoms. The van der Waals surface area contributed by atoms with E-state index in [2.05, 4.69) is 5.32 Å². The summed E-state index contributed by atoms with van der Waals surface area (Å²) in [5.41, 5.74) is 2.76. The number of fused-ring (bicyclic) bond motifs is 1. The van der Waals surface area contributed by atoms with Gasteiger partial charge in [0.15, 0.2) is 0 Å². The molecule has 0 spiro atoms. The Morgan fingerprint density at radius 3 is 2.21 bits per heavy atom. The van der Waals surface area contributed by atoms with E-state index in [0.717, 1.165) is 0 Å². The van der Waals surface area contributed by atoms with Gasteiger partial charge in [0.2, 0.25) is 0 Å². The van der Waals surface area contributed by atoms with Crippen LogP contribution in [0.15, 0.2) is 66.7 Å². The van der Waals surface area contributed by atoms with Gasteiger partial charge in [-0.25, -0.2) is 4.79 Å². The zero-order valence-corrected chi connectivity index (χ0v) is 18.7. The van der Waals surface area contributed by atoms with E-state index in [9.17, 15) is 19.2 Å². The minimum Gasteiger partial charge on any atom is -0.496 e. The number of nitrogens with zero attached hydrogens (tertiary/aromatic N) is 1. The second-order valence-electron chi connectivity index (χ2n) is 7.65. The first-order valence-corrected chi connectivity index (χ1v) is 10.5. The quantitative estimate of drug-likeness (QED) is 0.431.